The van der Waals surface area contributed by atoms with Crippen molar-refractivity contribution in [3.05, 3.63) is 34.0 Å². The first-order chi connectivity index (χ1) is 11.0. The lowest BCUT2D eigenvalue weighted by Gasteiger charge is -2.62. The fraction of sp³-hybridized carbons (Fsp3) is 0.579. The Morgan fingerprint density at radius 2 is 2.17 bits per heavy atom. The summed E-state index contributed by atoms with van der Waals surface area (Å²) in [6.45, 7) is 7.15. The molecule has 2 heterocycles. The van der Waals surface area contributed by atoms with E-state index < -0.39 is 0 Å². The summed E-state index contributed by atoms with van der Waals surface area (Å²) in [5.41, 5.74) is 4.67. The van der Waals surface area contributed by atoms with Crippen LogP contribution in [0, 0.1) is 23.2 Å². The van der Waals surface area contributed by atoms with Crippen LogP contribution < -0.4 is 5.69 Å². The van der Waals surface area contributed by atoms with Crippen LogP contribution in [0.25, 0.3) is 17.1 Å². The molecule has 3 fully saturated rings. The number of nitrogens with one attached hydrogen (secondary N) is 1. The van der Waals surface area contributed by atoms with Crippen molar-refractivity contribution in [2.24, 2.45) is 23.2 Å². The number of nitrogens with zero attached hydrogens (tertiary/aromatic N) is 2. The highest BCUT2D eigenvalue weighted by molar-refractivity contribution is 5.87. The number of pyridine rings is 1. The van der Waals surface area contributed by atoms with Gasteiger partial charge in [-0.15, -0.1) is 0 Å². The van der Waals surface area contributed by atoms with Crippen molar-refractivity contribution in [2.75, 3.05) is 0 Å². The average molecular weight is 309 g/mol. The third-order valence-corrected chi connectivity index (χ3v) is 7.11. The average Bonchev–Trinajstić information content (AvgIpc) is 3.09. The highest BCUT2D eigenvalue weighted by Gasteiger charge is 2.57. The Kier molecular flexibility index (Phi) is 2.46. The molecule has 4 heteroatoms. The Balaban J connectivity index is 1.70. The van der Waals surface area contributed by atoms with E-state index in [2.05, 4.69) is 47.5 Å². The van der Waals surface area contributed by atoms with Crippen molar-refractivity contribution in [1.82, 2.24) is 14.5 Å². The summed E-state index contributed by atoms with van der Waals surface area (Å²) in [6.07, 6.45) is 9.44. The van der Waals surface area contributed by atoms with Gasteiger partial charge in [0.2, 0.25) is 0 Å². The van der Waals surface area contributed by atoms with Crippen LogP contribution in [-0.4, -0.2) is 14.5 Å². The molecule has 0 amide bonds. The molecular formula is C19H23N3O. The van der Waals surface area contributed by atoms with Gasteiger partial charge in [-0.2, -0.15) is 0 Å². The molecule has 0 aromatic carbocycles. The number of H-pyrrole nitrogens is 1. The van der Waals surface area contributed by atoms with E-state index in [0.717, 1.165) is 47.0 Å². The maximum absolute atomic E-state index is 12.7. The molecule has 4 nitrogen and oxygen atoms in total. The molecule has 2 aromatic heterocycles. The fourth-order valence-electron chi connectivity index (χ4n) is 5.59. The van der Waals surface area contributed by atoms with E-state index >= 15 is 0 Å². The first kappa shape index (κ1) is 13.6. The van der Waals surface area contributed by atoms with Crippen molar-refractivity contribution in [3.8, 4) is 0 Å². The molecule has 4 aliphatic rings. The summed E-state index contributed by atoms with van der Waals surface area (Å²) < 4.78 is 2.06. The maximum Gasteiger partial charge on any atom is 0.326 e. The maximum atomic E-state index is 12.7. The lowest BCUT2D eigenvalue weighted by atomic mass is 9.44. The van der Waals surface area contributed by atoms with E-state index in [-0.39, 0.29) is 5.69 Å². The Bertz CT molecular complexity index is 901. The van der Waals surface area contributed by atoms with Crippen molar-refractivity contribution in [1.29, 1.82) is 0 Å². The van der Waals surface area contributed by atoms with Crippen LogP contribution >= 0.6 is 0 Å². The number of aromatic amines is 1. The highest BCUT2D eigenvalue weighted by atomic mass is 16.1. The lowest BCUT2D eigenvalue weighted by Crippen LogP contribution is -2.55. The summed E-state index contributed by atoms with van der Waals surface area (Å²) in [5, 5.41) is 0. The van der Waals surface area contributed by atoms with E-state index in [1.807, 2.05) is 6.20 Å². The Morgan fingerprint density at radius 3 is 2.91 bits per heavy atom. The molecule has 6 rings (SSSR count). The van der Waals surface area contributed by atoms with Gasteiger partial charge >= 0.3 is 5.69 Å². The number of hydrogen-bond donors (Lipinski definition) is 1. The predicted octanol–water partition coefficient (Wildman–Crippen LogP) is 3.54. The summed E-state index contributed by atoms with van der Waals surface area (Å²) in [5.74, 6) is 2.02. The van der Waals surface area contributed by atoms with Crippen LogP contribution in [0.5, 0.6) is 0 Å². The van der Waals surface area contributed by atoms with Gasteiger partial charge in [0.25, 0.3) is 0 Å². The lowest BCUT2D eigenvalue weighted by molar-refractivity contribution is -0.123. The predicted molar refractivity (Wildman–Crippen MR) is 91.3 cm³/mol. The summed E-state index contributed by atoms with van der Waals surface area (Å²) in [6, 6.07) is 0.313. The van der Waals surface area contributed by atoms with E-state index in [1.54, 1.807) is 0 Å². The quantitative estimate of drug-likeness (QED) is 0.876. The van der Waals surface area contributed by atoms with Crippen molar-refractivity contribution in [2.45, 2.75) is 46.1 Å². The number of imidazole rings is 1. The Hall–Kier alpha value is -1.84. The fourth-order valence-corrected chi connectivity index (χ4v) is 5.59. The number of aromatic nitrogens is 3. The first-order valence-corrected chi connectivity index (χ1v) is 8.77. The third kappa shape index (κ3) is 1.57. The van der Waals surface area contributed by atoms with Gasteiger partial charge in [-0.1, -0.05) is 32.9 Å². The van der Waals surface area contributed by atoms with Gasteiger partial charge in [-0.05, 0) is 36.0 Å². The second kappa shape index (κ2) is 4.16. The minimum Gasteiger partial charge on any atom is -0.304 e. The van der Waals surface area contributed by atoms with Gasteiger partial charge in [0.1, 0.15) is 0 Å². The first-order valence-electron chi connectivity index (χ1n) is 8.77. The van der Waals surface area contributed by atoms with E-state index in [0.29, 0.717) is 17.4 Å². The smallest absolute Gasteiger partial charge is 0.304 e. The number of rotatable bonds is 1. The van der Waals surface area contributed by atoms with E-state index in [9.17, 15) is 4.79 Å². The van der Waals surface area contributed by atoms with Gasteiger partial charge in [0.15, 0.2) is 0 Å². The summed E-state index contributed by atoms with van der Waals surface area (Å²) in [4.78, 5) is 20.3. The van der Waals surface area contributed by atoms with Crippen LogP contribution in [0.1, 0.15) is 50.9 Å². The third-order valence-electron chi connectivity index (χ3n) is 7.11. The molecule has 4 atom stereocenters. The largest absolute Gasteiger partial charge is 0.326 e. The normalized spacial score (nSPS) is 33.7. The minimum atomic E-state index is 0.0338. The zero-order chi connectivity index (χ0) is 15.9. The topological polar surface area (TPSA) is 50.7 Å². The highest BCUT2D eigenvalue weighted by Crippen LogP contribution is 2.64. The molecule has 0 aliphatic heterocycles. The van der Waals surface area contributed by atoms with Crippen LogP contribution in [0.15, 0.2) is 17.1 Å². The molecule has 4 aliphatic carbocycles. The molecule has 0 saturated heterocycles. The molecule has 0 spiro atoms. The van der Waals surface area contributed by atoms with E-state index in [1.165, 1.54) is 6.42 Å². The molecule has 2 bridgehead atoms. The Morgan fingerprint density at radius 1 is 1.35 bits per heavy atom. The number of fused-ring (bicyclic) bond motifs is 5. The van der Waals surface area contributed by atoms with E-state index in [4.69, 9.17) is 0 Å². The van der Waals surface area contributed by atoms with Gasteiger partial charge in [0, 0.05) is 18.0 Å². The van der Waals surface area contributed by atoms with Crippen LogP contribution in [0.2, 0.25) is 0 Å². The Labute approximate surface area is 135 Å². The van der Waals surface area contributed by atoms with Gasteiger partial charge in [-0.3, -0.25) is 9.55 Å². The van der Waals surface area contributed by atoms with Crippen molar-refractivity contribution in [3.63, 3.8) is 0 Å². The van der Waals surface area contributed by atoms with Crippen molar-refractivity contribution >= 4 is 17.1 Å². The van der Waals surface area contributed by atoms with Crippen LogP contribution in [0.3, 0.4) is 0 Å². The monoisotopic (exact) mass is 309 g/mol. The number of hydrogen-bond acceptors (Lipinski definition) is 2. The molecule has 0 radical (unpaired) electrons. The van der Waals surface area contributed by atoms with Crippen LogP contribution in [-0.2, 0) is 6.42 Å². The molecule has 2 aromatic rings. The summed E-state index contributed by atoms with van der Waals surface area (Å²) in [7, 11) is 0. The van der Waals surface area contributed by atoms with Crippen molar-refractivity contribution < 1.29 is 0 Å². The van der Waals surface area contributed by atoms with Gasteiger partial charge < -0.3 is 4.98 Å². The minimum absolute atomic E-state index is 0.0338. The van der Waals surface area contributed by atoms with Gasteiger partial charge in [-0.25, -0.2) is 4.79 Å². The molecule has 0 unspecified atom stereocenters. The molecule has 23 heavy (non-hydrogen) atoms. The standard InChI is InChI=1S/C19H23N3O/c1-10-13-7-11(19(13,2)3)8-16(10)22-17-12-5-4-6-14(12)20-9-15(17)21-18(22)23/h4-5,9-11,13,16H,6-8H2,1-3H3,(H,21,23)/t10-,11-,13+,16-/m0/s1. The molecule has 3 saturated carbocycles. The van der Waals surface area contributed by atoms with Crippen LogP contribution in [0.4, 0.5) is 0 Å². The number of allylic oxidation sites excluding steroid dienone is 1. The molecule has 120 valence electrons. The second-order valence-electron chi connectivity index (χ2n) is 8.31. The second-order valence-corrected chi connectivity index (χ2v) is 8.31. The zero-order valence-electron chi connectivity index (χ0n) is 14.0. The van der Waals surface area contributed by atoms with Gasteiger partial charge in [0.05, 0.1) is 22.9 Å². The SMILES string of the molecule is C[C@H]1[C@H]2C[C@@H](C[C@@H]1n1c(=O)[nH]c3cnc4c(c31)C=CC4)C2(C)C. The zero-order valence-corrected chi connectivity index (χ0v) is 14.0. The molecular weight excluding hydrogens is 286 g/mol. The summed E-state index contributed by atoms with van der Waals surface area (Å²) >= 11 is 0. The molecule has 1 N–H and O–H groups in total.